The lowest BCUT2D eigenvalue weighted by Crippen LogP contribution is -2.49. The van der Waals surface area contributed by atoms with Crippen LogP contribution >= 0.6 is 11.5 Å². The SMILES string of the molecule is Cc1ccc(N(C(=O)c2csnn2)[C@@H](C(=O)NC(C)(C)C)c2cccnc2)c(C)c1. The number of amides is 2. The average Bonchev–Trinajstić information content (AvgIpc) is 3.20. The topological polar surface area (TPSA) is 88.1 Å². The molecule has 8 heteroatoms. The molecule has 30 heavy (non-hydrogen) atoms. The van der Waals surface area contributed by atoms with Crippen LogP contribution in [0.2, 0.25) is 0 Å². The second kappa shape index (κ2) is 8.71. The van der Waals surface area contributed by atoms with Gasteiger partial charge in [-0.2, -0.15) is 0 Å². The molecular formula is C22H25N5O2S. The fraction of sp³-hybridized carbons (Fsp3) is 0.318. The summed E-state index contributed by atoms with van der Waals surface area (Å²) in [5.41, 5.74) is 2.90. The van der Waals surface area contributed by atoms with Crippen LogP contribution in [-0.2, 0) is 4.79 Å². The summed E-state index contributed by atoms with van der Waals surface area (Å²) < 4.78 is 3.82. The average molecular weight is 424 g/mol. The van der Waals surface area contributed by atoms with Crippen LogP contribution in [-0.4, -0.2) is 31.9 Å². The molecule has 2 aromatic heterocycles. The Morgan fingerprint density at radius 3 is 2.50 bits per heavy atom. The first kappa shape index (κ1) is 21.6. The van der Waals surface area contributed by atoms with Crippen molar-refractivity contribution >= 4 is 29.0 Å². The fourth-order valence-corrected chi connectivity index (χ4v) is 3.65. The lowest BCUT2D eigenvalue weighted by atomic mass is 10.0. The molecule has 0 fully saturated rings. The minimum Gasteiger partial charge on any atom is -0.349 e. The van der Waals surface area contributed by atoms with Gasteiger partial charge in [-0.25, -0.2) is 0 Å². The molecule has 0 aliphatic rings. The van der Waals surface area contributed by atoms with Gasteiger partial charge in [-0.05, 0) is 63.8 Å². The van der Waals surface area contributed by atoms with Gasteiger partial charge >= 0.3 is 0 Å². The summed E-state index contributed by atoms with van der Waals surface area (Å²) >= 11 is 1.09. The lowest BCUT2D eigenvalue weighted by molar-refractivity contribution is -0.123. The summed E-state index contributed by atoms with van der Waals surface area (Å²) in [5.74, 6) is -0.694. The van der Waals surface area contributed by atoms with E-state index in [1.807, 2.05) is 52.8 Å². The molecule has 0 saturated heterocycles. The third kappa shape index (κ3) is 4.88. The maximum atomic E-state index is 13.6. The van der Waals surface area contributed by atoms with Crippen molar-refractivity contribution in [3.05, 3.63) is 70.5 Å². The Labute approximate surface area is 180 Å². The second-order valence-electron chi connectivity index (χ2n) is 8.18. The summed E-state index contributed by atoms with van der Waals surface area (Å²) in [6.45, 7) is 9.61. The van der Waals surface area contributed by atoms with E-state index in [1.54, 1.807) is 29.9 Å². The molecule has 3 rings (SSSR count). The Morgan fingerprint density at radius 1 is 1.17 bits per heavy atom. The molecule has 0 aliphatic carbocycles. The zero-order valence-electron chi connectivity index (χ0n) is 17.7. The number of nitrogens with one attached hydrogen (secondary N) is 1. The third-order valence-electron chi connectivity index (χ3n) is 4.41. The molecule has 0 bridgehead atoms. The van der Waals surface area contributed by atoms with Crippen LogP contribution < -0.4 is 10.2 Å². The third-order valence-corrected chi connectivity index (χ3v) is 4.92. The monoisotopic (exact) mass is 423 g/mol. The van der Waals surface area contributed by atoms with Crippen LogP contribution in [0.15, 0.2) is 48.1 Å². The smallest absolute Gasteiger partial charge is 0.280 e. The van der Waals surface area contributed by atoms with E-state index in [2.05, 4.69) is 19.9 Å². The van der Waals surface area contributed by atoms with Crippen LogP contribution in [0.25, 0.3) is 0 Å². The molecule has 7 nitrogen and oxygen atoms in total. The Kier molecular flexibility index (Phi) is 6.26. The van der Waals surface area contributed by atoms with Gasteiger partial charge in [0.15, 0.2) is 5.69 Å². The maximum absolute atomic E-state index is 13.6. The fourth-order valence-electron chi connectivity index (χ4n) is 3.22. The number of aromatic nitrogens is 3. The highest BCUT2D eigenvalue weighted by atomic mass is 32.1. The number of hydrogen-bond donors (Lipinski definition) is 1. The number of carbonyl (C=O) groups excluding carboxylic acids is 2. The van der Waals surface area contributed by atoms with Gasteiger partial charge < -0.3 is 5.32 Å². The van der Waals surface area contributed by atoms with Crippen LogP contribution in [0.1, 0.15) is 54.0 Å². The normalized spacial score (nSPS) is 12.3. The van der Waals surface area contributed by atoms with E-state index >= 15 is 0 Å². The minimum absolute atomic E-state index is 0.192. The van der Waals surface area contributed by atoms with E-state index in [4.69, 9.17) is 0 Å². The largest absolute Gasteiger partial charge is 0.349 e. The molecule has 156 valence electrons. The van der Waals surface area contributed by atoms with Crippen molar-refractivity contribution in [1.29, 1.82) is 0 Å². The first-order chi connectivity index (χ1) is 14.2. The standard InChI is InChI=1S/C22H25N5O2S/c1-14-8-9-18(15(2)11-14)27(21(29)17-13-30-26-25-17)19(16-7-6-10-23-12-16)20(28)24-22(3,4)5/h6-13,19H,1-5H3,(H,24,28)/t19-/m1/s1. The van der Waals surface area contributed by atoms with Gasteiger partial charge in [0.05, 0.1) is 0 Å². The Bertz CT molecular complexity index is 1030. The number of pyridine rings is 1. The van der Waals surface area contributed by atoms with Crippen LogP contribution in [0.5, 0.6) is 0 Å². The van der Waals surface area contributed by atoms with E-state index in [1.165, 1.54) is 4.90 Å². The molecule has 3 aromatic rings. The number of hydrogen-bond acceptors (Lipinski definition) is 6. The van der Waals surface area contributed by atoms with E-state index in [0.29, 0.717) is 11.3 Å². The van der Waals surface area contributed by atoms with E-state index < -0.39 is 17.5 Å². The van der Waals surface area contributed by atoms with Gasteiger partial charge in [0, 0.05) is 34.6 Å². The van der Waals surface area contributed by atoms with E-state index in [9.17, 15) is 9.59 Å². The molecule has 0 spiro atoms. The quantitative estimate of drug-likeness (QED) is 0.673. The number of benzene rings is 1. The Morgan fingerprint density at radius 2 is 1.93 bits per heavy atom. The minimum atomic E-state index is -0.923. The molecule has 1 aromatic carbocycles. The van der Waals surface area contributed by atoms with Crippen LogP contribution in [0.4, 0.5) is 5.69 Å². The van der Waals surface area contributed by atoms with Crippen molar-refractivity contribution in [2.24, 2.45) is 0 Å². The van der Waals surface area contributed by atoms with Crippen molar-refractivity contribution in [3.8, 4) is 0 Å². The Hall–Kier alpha value is -3.13. The number of rotatable bonds is 5. The summed E-state index contributed by atoms with van der Waals surface area (Å²) in [6, 6.07) is 8.38. The molecule has 0 radical (unpaired) electrons. The number of aryl methyl sites for hydroxylation is 2. The number of carbonyl (C=O) groups is 2. The first-order valence-electron chi connectivity index (χ1n) is 9.57. The van der Waals surface area contributed by atoms with Crippen LogP contribution in [0.3, 0.4) is 0 Å². The molecule has 1 atom stereocenters. The lowest BCUT2D eigenvalue weighted by Gasteiger charge is -2.34. The highest BCUT2D eigenvalue weighted by Crippen LogP contribution is 2.32. The zero-order valence-corrected chi connectivity index (χ0v) is 18.5. The molecule has 0 saturated carbocycles. The predicted octanol–water partition coefficient (Wildman–Crippen LogP) is 3.85. The Balaban J connectivity index is 2.20. The summed E-state index contributed by atoms with van der Waals surface area (Å²) in [7, 11) is 0. The molecule has 2 amide bonds. The highest BCUT2D eigenvalue weighted by molar-refractivity contribution is 7.03. The van der Waals surface area contributed by atoms with Crippen molar-refractivity contribution < 1.29 is 9.59 Å². The summed E-state index contributed by atoms with van der Waals surface area (Å²) in [6.07, 6.45) is 3.24. The van der Waals surface area contributed by atoms with Crippen LogP contribution in [0, 0.1) is 13.8 Å². The van der Waals surface area contributed by atoms with Crippen molar-refractivity contribution in [2.75, 3.05) is 4.90 Å². The molecule has 2 heterocycles. The molecular weight excluding hydrogens is 398 g/mol. The van der Waals surface area contributed by atoms with Gasteiger partial charge in [0.2, 0.25) is 5.91 Å². The first-order valence-corrected chi connectivity index (χ1v) is 10.4. The zero-order chi connectivity index (χ0) is 21.9. The summed E-state index contributed by atoms with van der Waals surface area (Å²) in [5, 5.41) is 8.54. The van der Waals surface area contributed by atoms with E-state index in [0.717, 1.165) is 22.7 Å². The van der Waals surface area contributed by atoms with E-state index in [-0.39, 0.29) is 11.6 Å². The van der Waals surface area contributed by atoms with Gasteiger partial charge in [-0.15, -0.1) is 5.10 Å². The number of anilines is 1. The molecule has 1 N–H and O–H groups in total. The van der Waals surface area contributed by atoms with Gasteiger partial charge in [0.1, 0.15) is 6.04 Å². The van der Waals surface area contributed by atoms with Gasteiger partial charge in [-0.1, -0.05) is 28.3 Å². The van der Waals surface area contributed by atoms with Gasteiger partial charge in [0.25, 0.3) is 5.91 Å². The second-order valence-corrected chi connectivity index (χ2v) is 8.79. The van der Waals surface area contributed by atoms with Gasteiger partial charge in [-0.3, -0.25) is 19.5 Å². The summed E-state index contributed by atoms with van der Waals surface area (Å²) in [4.78, 5) is 32.7. The van der Waals surface area contributed by atoms with Crippen molar-refractivity contribution in [1.82, 2.24) is 19.9 Å². The van der Waals surface area contributed by atoms with Crippen molar-refractivity contribution in [2.45, 2.75) is 46.2 Å². The molecule has 0 aliphatic heterocycles. The van der Waals surface area contributed by atoms with Crippen molar-refractivity contribution in [3.63, 3.8) is 0 Å². The highest BCUT2D eigenvalue weighted by Gasteiger charge is 2.36. The predicted molar refractivity (Wildman–Crippen MR) is 118 cm³/mol. The molecule has 0 unspecified atom stereocenters. The maximum Gasteiger partial charge on any atom is 0.280 e. The number of nitrogens with zero attached hydrogens (tertiary/aromatic N) is 4.